The van der Waals surface area contributed by atoms with Crippen molar-refractivity contribution in [2.45, 2.75) is 6.42 Å². The summed E-state index contributed by atoms with van der Waals surface area (Å²) in [5, 5.41) is 20.9. The van der Waals surface area contributed by atoms with Crippen LogP contribution in [-0.2, 0) is 11.2 Å². The molecule has 0 radical (unpaired) electrons. The predicted octanol–water partition coefficient (Wildman–Crippen LogP) is 2.23. The third-order valence-electron chi connectivity index (χ3n) is 2.03. The number of aromatic hydroxyl groups is 1. The van der Waals surface area contributed by atoms with Crippen LogP contribution in [0.4, 0.5) is 0 Å². The van der Waals surface area contributed by atoms with Gasteiger partial charge in [-0.05, 0) is 17.5 Å². The van der Waals surface area contributed by atoms with Crippen molar-refractivity contribution < 1.29 is 15.0 Å². The molecule has 14 heavy (non-hydrogen) atoms. The number of hydrogen-bond acceptors (Lipinski definition) is 3. The Labute approximate surface area is 84.2 Å². The number of thiophene rings is 1. The van der Waals surface area contributed by atoms with Gasteiger partial charge in [0, 0.05) is 15.6 Å². The smallest absolute Gasteiger partial charge is 0.307 e. The van der Waals surface area contributed by atoms with E-state index >= 15 is 0 Å². The van der Waals surface area contributed by atoms with E-state index in [-0.39, 0.29) is 12.2 Å². The second-order valence-electron chi connectivity index (χ2n) is 2.98. The largest absolute Gasteiger partial charge is 0.507 e. The molecule has 0 saturated heterocycles. The highest BCUT2D eigenvalue weighted by molar-refractivity contribution is 7.17. The summed E-state index contributed by atoms with van der Waals surface area (Å²) in [6, 6.07) is 5.28. The van der Waals surface area contributed by atoms with Crippen molar-refractivity contribution in [3.05, 3.63) is 29.1 Å². The lowest BCUT2D eigenvalue weighted by atomic mass is 10.1. The normalized spacial score (nSPS) is 10.6. The Balaban J connectivity index is 2.56. The van der Waals surface area contributed by atoms with Crippen LogP contribution in [0.5, 0.6) is 5.75 Å². The first-order chi connectivity index (χ1) is 6.68. The predicted molar refractivity (Wildman–Crippen MR) is 54.8 cm³/mol. The Kier molecular flexibility index (Phi) is 2.13. The molecule has 1 aromatic heterocycles. The molecule has 0 fully saturated rings. The van der Waals surface area contributed by atoms with E-state index in [1.807, 2.05) is 11.4 Å². The maximum atomic E-state index is 10.5. The first-order valence-electron chi connectivity index (χ1n) is 4.08. The van der Waals surface area contributed by atoms with Gasteiger partial charge >= 0.3 is 5.97 Å². The van der Waals surface area contributed by atoms with Gasteiger partial charge in [0.25, 0.3) is 0 Å². The van der Waals surface area contributed by atoms with Gasteiger partial charge in [0.2, 0.25) is 0 Å². The number of fused-ring (bicyclic) bond motifs is 1. The van der Waals surface area contributed by atoms with Crippen molar-refractivity contribution >= 4 is 27.4 Å². The van der Waals surface area contributed by atoms with Gasteiger partial charge in [-0.25, -0.2) is 0 Å². The Bertz CT molecular complexity index is 487. The van der Waals surface area contributed by atoms with Gasteiger partial charge in [-0.3, -0.25) is 4.79 Å². The molecule has 0 bridgehead atoms. The first kappa shape index (κ1) is 9.02. The van der Waals surface area contributed by atoms with Crippen LogP contribution in [0, 0.1) is 0 Å². The lowest BCUT2D eigenvalue weighted by Crippen LogP contribution is -1.99. The Morgan fingerprint density at radius 3 is 2.86 bits per heavy atom. The second-order valence-corrected chi connectivity index (χ2v) is 3.92. The van der Waals surface area contributed by atoms with E-state index in [1.165, 1.54) is 11.3 Å². The standard InChI is InChI=1S/C10H8O3S/c11-9(12)5-6-1-2-8-7(10(6)13)3-4-14-8/h1-4,13H,5H2,(H,11,12). The molecule has 4 heteroatoms. The number of aliphatic carboxylic acids is 1. The average molecular weight is 208 g/mol. The summed E-state index contributed by atoms with van der Waals surface area (Å²) < 4.78 is 0.969. The van der Waals surface area contributed by atoms with Gasteiger partial charge in [0.15, 0.2) is 0 Å². The minimum absolute atomic E-state index is 0.0890. The molecule has 1 aromatic carbocycles. The Hall–Kier alpha value is -1.55. The van der Waals surface area contributed by atoms with Gasteiger partial charge < -0.3 is 10.2 Å². The molecule has 0 aliphatic carbocycles. The van der Waals surface area contributed by atoms with E-state index in [0.29, 0.717) is 5.56 Å². The molecule has 2 N–H and O–H groups in total. The molecule has 1 heterocycles. The minimum atomic E-state index is -0.935. The van der Waals surface area contributed by atoms with Crippen LogP contribution in [0.1, 0.15) is 5.56 Å². The number of benzene rings is 1. The zero-order valence-corrected chi connectivity index (χ0v) is 8.04. The highest BCUT2D eigenvalue weighted by atomic mass is 32.1. The highest BCUT2D eigenvalue weighted by Gasteiger charge is 2.09. The van der Waals surface area contributed by atoms with Crippen LogP contribution in [0.25, 0.3) is 10.1 Å². The quantitative estimate of drug-likeness (QED) is 0.795. The Morgan fingerprint density at radius 1 is 1.36 bits per heavy atom. The van der Waals surface area contributed by atoms with Crippen molar-refractivity contribution in [2.24, 2.45) is 0 Å². The summed E-state index contributed by atoms with van der Waals surface area (Å²) >= 11 is 1.52. The zero-order valence-electron chi connectivity index (χ0n) is 7.23. The van der Waals surface area contributed by atoms with E-state index in [1.54, 1.807) is 12.1 Å². The number of phenols is 1. The van der Waals surface area contributed by atoms with Crippen LogP contribution in [-0.4, -0.2) is 16.2 Å². The van der Waals surface area contributed by atoms with Crippen LogP contribution >= 0.6 is 11.3 Å². The third-order valence-corrected chi connectivity index (χ3v) is 2.91. The lowest BCUT2D eigenvalue weighted by Gasteiger charge is -2.02. The van der Waals surface area contributed by atoms with E-state index in [2.05, 4.69) is 0 Å². The zero-order chi connectivity index (χ0) is 10.1. The van der Waals surface area contributed by atoms with Crippen LogP contribution < -0.4 is 0 Å². The fraction of sp³-hybridized carbons (Fsp3) is 0.100. The molecule has 72 valence electrons. The van der Waals surface area contributed by atoms with Crippen molar-refractivity contribution in [3.63, 3.8) is 0 Å². The van der Waals surface area contributed by atoms with Crippen molar-refractivity contribution in [1.29, 1.82) is 0 Å². The topological polar surface area (TPSA) is 57.5 Å². The summed E-state index contributed by atoms with van der Waals surface area (Å²) in [5.74, 6) is -0.846. The van der Waals surface area contributed by atoms with Crippen LogP contribution in [0.2, 0.25) is 0 Å². The minimum Gasteiger partial charge on any atom is -0.507 e. The number of rotatable bonds is 2. The summed E-state index contributed by atoms with van der Waals surface area (Å²) in [5.41, 5.74) is 0.461. The van der Waals surface area contributed by atoms with E-state index < -0.39 is 5.97 Å². The molecule has 0 unspecified atom stereocenters. The molecule has 0 atom stereocenters. The molecule has 0 amide bonds. The molecule has 0 saturated carbocycles. The maximum Gasteiger partial charge on any atom is 0.307 e. The molecule has 3 nitrogen and oxygen atoms in total. The molecule has 2 aromatic rings. The number of hydrogen-bond donors (Lipinski definition) is 2. The van der Waals surface area contributed by atoms with E-state index in [0.717, 1.165) is 10.1 Å². The van der Waals surface area contributed by atoms with Gasteiger partial charge in [0.1, 0.15) is 5.75 Å². The number of carboxylic acids is 1. The molecule has 0 aliphatic heterocycles. The molecule has 2 rings (SSSR count). The van der Waals surface area contributed by atoms with Gasteiger partial charge in [-0.2, -0.15) is 0 Å². The second kappa shape index (κ2) is 3.31. The summed E-state index contributed by atoms with van der Waals surface area (Å²) in [7, 11) is 0. The molecule has 0 aliphatic rings. The van der Waals surface area contributed by atoms with Gasteiger partial charge in [-0.1, -0.05) is 6.07 Å². The summed E-state index contributed by atoms with van der Waals surface area (Å²) in [6.07, 6.45) is -0.141. The van der Waals surface area contributed by atoms with Crippen molar-refractivity contribution in [1.82, 2.24) is 0 Å². The molecular weight excluding hydrogens is 200 g/mol. The molecular formula is C10H8O3S. The average Bonchev–Trinajstić information content (AvgIpc) is 2.57. The van der Waals surface area contributed by atoms with Gasteiger partial charge in [-0.15, -0.1) is 11.3 Å². The maximum absolute atomic E-state index is 10.5. The van der Waals surface area contributed by atoms with Crippen molar-refractivity contribution in [2.75, 3.05) is 0 Å². The molecule has 0 spiro atoms. The summed E-state index contributed by atoms with van der Waals surface area (Å²) in [6.45, 7) is 0. The monoisotopic (exact) mass is 208 g/mol. The highest BCUT2D eigenvalue weighted by Crippen LogP contribution is 2.32. The van der Waals surface area contributed by atoms with E-state index in [9.17, 15) is 9.90 Å². The first-order valence-corrected chi connectivity index (χ1v) is 4.96. The number of carboxylic acid groups (broad SMARTS) is 1. The summed E-state index contributed by atoms with van der Waals surface area (Å²) in [4.78, 5) is 10.5. The number of carbonyl (C=O) groups is 1. The Morgan fingerprint density at radius 2 is 2.14 bits per heavy atom. The fourth-order valence-corrected chi connectivity index (χ4v) is 2.17. The van der Waals surface area contributed by atoms with Crippen molar-refractivity contribution in [3.8, 4) is 5.75 Å². The number of phenolic OH excluding ortho intramolecular Hbond substituents is 1. The fourth-order valence-electron chi connectivity index (χ4n) is 1.38. The SMILES string of the molecule is O=C(O)Cc1ccc2sccc2c1O. The van der Waals surface area contributed by atoms with Crippen LogP contribution in [0.15, 0.2) is 23.6 Å². The van der Waals surface area contributed by atoms with E-state index in [4.69, 9.17) is 5.11 Å². The van der Waals surface area contributed by atoms with Gasteiger partial charge in [0.05, 0.1) is 6.42 Å². The lowest BCUT2D eigenvalue weighted by molar-refractivity contribution is -0.136. The third kappa shape index (κ3) is 1.44. The van der Waals surface area contributed by atoms with Crippen LogP contribution in [0.3, 0.4) is 0 Å².